The minimum Gasteiger partial charge on any atom is -0.372 e. The number of anilines is 1. The van der Waals surface area contributed by atoms with Gasteiger partial charge in [0.2, 0.25) is 0 Å². The van der Waals surface area contributed by atoms with Gasteiger partial charge in [-0.1, -0.05) is 12.1 Å². The van der Waals surface area contributed by atoms with E-state index in [0.717, 1.165) is 6.42 Å². The maximum atomic E-state index is 13.4. The largest absolute Gasteiger partial charge is 0.372 e. The van der Waals surface area contributed by atoms with Gasteiger partial charge in [-0.05, 0) is 18.6 Å². The number of hydrogen-bond acceptors (Lipinski definition) is 2. The van der Waals surface area contributed by atoms with Crippen LogP contribution in [0.25, 0.3) is 0 Å². The summed E-state index contributed by atoms with van der Waals surface area (Å²) in [4.78, 5) is 5.71. The quantitative estimate of drug-likeness (QED) is 0.444. The zero-order valence-electron chi connectivity index (χ0n) is 9.36. The van der Waals surface area contributed by atoms with Crippen LogP contribution in [-0.4, -0.2) is 26.1 Å². The van der Waals surface area contributed by atoms with Crippen molar-refractivity contribution in [3.63, 3.8) is 0 Å². The molecule has 0 fully saturated rings. The monoisotopic (exact) mass is 224 g/mol. The number of rotatable bonds is 5. The number of nitrogens with zero attached hydrogens (tertiary/aromatic N) is 2. The minimum absolute atomic E-state index is 0.0912. The van der Waals surface area contributed by atoms with Crippen LogP contribution in [0, 0.1) is 5.82 Å². The molecule has 4 N–H and O–H groups in total. The third-order valence-corrected chi connectivity index (χ3v) is 2.21. The highest BCUT2D eigenvalue weighted by atomic mass is 19.1. The average molecular weight is 224 g/mol. The van der Waals surface area contributed by atoms with E-state index in [1.165, 1.54) is 6.07 Å². The topological polar surface area (TPSA) is 67.6 Å². The Morgan fingerprint density at radius 1 is 1.38 bits per heavy atom. The van der Waals surface area contributed by atoms with Crippen LogP contribution in [0.3, 0.4) is 0 Å². The lowest BCUT2D eigenvalue weighted by molar-refractivity contribution is 0.620. The van der Waals surface area contributed by atoms with Crippen molar-refractivity contribution in [2.75, 3.05) is 25.0 Å². The Bertz CT molecular complexity index is 361. The third kappa shape index (κ3) is 3.76. The molecule has 4 nitrogen and oxygen atoms in total. The molecule has 1 aromatic carbocycles. The van der Waals surface area contributed by atoms with E-state index < -0.39 is 0 Å². The van der Waals surface area contributed by atoms with Gasteiger partial charge in [0.05, 0.1) is 5.69 Å². The number of hydrogen-bond donors (Lipinski definition) is 2. The molecule has 0 heterocycles. The van der Waals surface area contributed by atoms with Gasteiger partial charge in [0, 0.05) is 20.1 Å². The van der Waals surface area contributed by atoms with Crippen LogP contribution in [-0.2, 0) is 0 Å². The number of nitrogens with two attached hydrogens (primary N) is 2. The summed E-state index contributed by atoms with van der Waals surface area (Å²) in [6.07, 6.45) is 0.780. The lowest BCUT2D eigenvalue weighted by atomic mass is 10.2. The fourth-order valence-electron chi connectivity index (χ4n) is 1.40. The van der Waals surface area contributed by atoms with Crippen molar-refractivity contribution in [3.8, 4) is 0 Å². The first kappa shape index (κ1) is 12.3. The summed E-state index contributed by atoms with van der Waals surface area (Å²) < 4.78 is 13.4. The summed E-state index contributed by atoms with van der Waals surface area (Å²) in [6.45, 7) is 1.26. The summed E-state index contributed by atoms with van der Waals surface area (Å²) in [6, 6.07) is 6.68. The number of benzene rings is 1. The molecule has 16 heavy (non-hydrogen) atoms. The van der Waals surface area contributed by atoms with Gasteiger partial charge in [0.25, 0.3) is 0 Å². The highest BCUT2D eigenvalue weighted by Gasteiger charge is 2.05. The molecule has 0 amide bonds. The van der Waals surface area contributed by atoms with Crippen LogP contribution in [0.1, 0.15) is 6.42 Å². The van der Waals surface area contributed by atoms with Crippen LogP contribution in [0.5, 0.6) is 0 Å². The van der Waals surface area contributed by atoms with E-state index in [1.54, 1.807) is 12.1 Å². The Balaban J connectivity index is 2.44. The molecular formula is C11H17FN4. The molecule has 0 aliphatic heterocycles. The van der Waals surface area contributed by atoms with Gasteiger partial charge in [-0.2, -0.15) is 0 Å². The van der Waals surface area contributed by atoms with Gasteiger partial charge >= 0.3 is 0 Å². The highest BCUT2D eigenvalue weighted by Crippen LogP contribution is 2.16. The van der Waals surface area contributed by atoms with Crippen molar-refractivity contribution in [2.24, 2.45) is 16.5 Å². The predicted molar refractivity (Wildman–Crippen MR) is 65.0 cm³/mol. The number of guanidine groups is 1. The smallest absolute Gasteiger partial charge is 0.185 e. The zero-order valence-corrected chi connectivity index (χ0v) is 9.36. The van der Waals surface area contributed by atoms with E-state index in [-0.39, 0.29) is 11.8 Å². The van der Waals surface area contributed by atoms with Gasteiger partial charge in [-0.25, -0.2) is 4.39 Å². The molecule has 0 radical (unpaired) electrons. The van der Waals surface area contributed by atoms with E-state index >= 15 is 0 Å². The molecule has 0 saturated heterocycles. The standard InChI is InChI=1S/C11H17FN4/c1-16(8-4-7-15-11(13)14)10-6-3-2-5-9(10)12/h2-3,5-6H,4,7-8H2,1H3,(H4,13,14,15). The SMILES string of the molecule is CN(CCCN=C(N)N)c1ccccc1F. The fourth-order valence-corrected chi connectivity index (χ4v) is 1.40. The average Bonchev–Trinajstić information content (AvgIpc) is 2.24. The van der Waals surface area contributed by atoms with Gasteiger partial charge < -0.3 is 16.4 Å². The lowest BCUT2D eigenvalue weighted by Crippen LogP contribution is -2.24. The summed E-state index contributed by atoms with van der Waals surface area (Å²) in [5.41, 5.74) is 11.0. The minimum atomic E-state index is -0.216. The molecule has 5 heteroatoms. The predicted octanol–water partition coefficient (Wildman–Crippen LogP) is 0.925. The van der Waals surface area contributed by atoms with Gasteiger partial charge in [-0.3, -0.25) is 4.99 Å². The molecule has 0 bridgehead atoms. The Morgan fingerprint density at radius 2 is 2.06 bits per heavy atom. The summed E-state index contributed by atoms with van der Waals surface area (Å²) >= 11 is 0. The second kappa shape index (κ2) is 5.95. The Kier molecular flexibility index (Phi) is 4.57. The number of para-hydroxylation sites is 1. The van der Waals surface area contributed by atoms with E-state index in [0.29, 0.717) is 18.8 Å². The first-order chi connectivity index (χ1) is 7.61. The highest BCUT2D eigenvalue weighted by molar-refractivity contribution is 5.75. The lowest BCUT2D eigenvalue weighted by Gasteiger charge is -2.19. The van der Waals surface area contributed by atoms with Crippen LogP contribution < -0.4 is 16.4 Å². The molecule has 0 saturated carbocycles. The second-order valence-electron chi connectivity index (χ2n) is 3.53. The van der Waals surface area contributed by atoms with E-state index in [4.69, 9.17) is 11.5 Å². The molecule has 1 rings (SSSR count). The normalized spacial score (nSPS) is 9.88. The van der Waals surface area contributed by atoms with Gasteiger partial charge in [0.1, 0.15) is 5.82 Å². The Morgan fingerprint density at radius 3 is 2.69 bits per heavy atom. The number of halogens is 1. The molecule has 0 aliphatic carbocycles. The zero-order chi connectivity index (χ0) is 12.0. The van der Waals surface area contributed by atoms with Gasteiger partial charge in [-0.15, -0.1) is 0 Å². The summed E-state index contributed by atoms with van der Waals surface area (Å²) in [5, 5.41) is 0. The van der Waals surface area contributed by atoms with Crippen LogP contribution in [0.2, 0.25) is 0 Å². The first-order valence-corrected chi connectivity index (χ1v) is 5.12. The molecule has 88 valence electrons. The Labute approximate surface area is 94.8 Å². The van der Waals surface area contributed by atoms with E-state index in [1.807, 2.05) is 18.0 Å². The summed E-state index contributed by atoms with van der Waals surface area (Å²) in [7, 11) is 1.84. The molecule has 0 aromatic heterocycles. The number of aliphatic imine (C=N–C) groups is 1. The molecule has 0 unspecified atom stereocenters. The molecule has 0 spiro atoms. The first-order valence-electron chi connectivity index (χ1n) is 5.12. The fraction of sp³-hybridized carbons (Fsp3) is 0.364. The molecule has 0 aliphatic rings. The Hall–Kier alpha value is -1.78. The van der Waals surface area contributed by atoms with Crippen LogP contribution in [0.4, 0.5) is 10.1 Å². The third-order valence-electron chi connectivity index (χ3n) is 2.21. The van der Waals surface area contributed by atoms with E-state index in [9.17, 15) is 4.39 Å². The molecular weight excluding hydrogens is 207 g/mol. The van der Waals surface area contributed by atoms with Crippen molar-refractivity contribution >= 4 is 11.6 Å². The van der Waals surface area contributed by atoms with Crippen molar-refractivity contribution < 1.29 is 4.39 Å². The van der Waals surface area contributed by atoms with Crippen molar-refractivity contribution in [1.82, 2.24) is 0 Å². The summed E-state index contributed by atoms with van der Waals surface area (Å²) in [5.74, 6) is -0.125. The van der Waals surface area contributed by atoms with Crippen molar-refractivity contribution in [1.29, 1.82) is 0 Å². The molecule has 0 atom stereocenters. The molecule has 1 aromatic rings. The van der Waals surface area contributed by atoms with Crippen LogP contribution >= 0.6 is 0 Å². The van der Waals surface area contributed by atoms with E-state index in [2.05, 4.69) is 4.99 Å². The maximum Gasteiger partial charge on any atom is 0.185 e. The maximum absolute atomic E-state index is 13.4. The van der Waals surface area contributed by atoms with Crippen molar-refractivity contribution in [2.45, 2.75) is 6.42 Å². The van der Waals surface area contributed by atoms with Gasteiger partial charge in [0.15, 0.2) is 5.96 Å². The van der Waals surface area contributed by atoms with Crippen LogP contribution in [0.15, 0.2) is 29.3 Å². The van der Waals surface area contributed by atoms with Crippen molar-refractivity contribution in [3.05, 3.63) is 30.1 Å². The second-order valence-corrected chi connectivity index (χ2v) is 3.53.